The first-order valence-electron chi connectivity index (χ1n) is 9.48. The summed E-state index contributed by atoms with van der Waals surface area (Å²) in [5.41, 5.74) is 0.353. The van der Waals surface area contributed by atoms with Crippen molar-refractivity contribution in [2.45, 2.75) is 32.1 Å². The maximum Gasteiger partial charge on any atom is 0.308 e. The molecular weight excluding hydrogens is 366 g/mol. The van der Waals surface area contributed by atoms with Crippen LogP contribution in [0.1, 0.15) is 42.5 Å². The number of fused-ring (bicyclic) bond motifs is 2. The van der Waals surface area contributed by atoms with Crippen LogP contribution in [-0.2, 0) is 19.1 Å². The van der Waals surface area contributed by atoms with Crippen LogP contribution in [0.25, 0.3) is 0 Å². The monoisotopic (exact) mass is 387 g/mol. The first-order valence-corrected chi connectivity index (χ1v) is 9.48. The molecule has 0 unspecified atom stereocenters. The molecule has 1 saturated heterocycles. The van der Waals surface area contributed by atoms with Crippen molar-refractivity contribution in [2.75, 3.05) is 19.9 Å². The van der Waals surface area contributed by atoms with Crippen molar-refractivity contribution in [3.05, 3.63) is 23.8 Å². The van der Waals surface area contributed by atoms with Gasteiger partial charge in [-0.2, -0.15) is 0 Å². The second-order valence-electron chi connectivity index (χ2n) is 7.23. The normalized spacial score (nSPS) is 22.9. The van der Waals surface area contributed by atoms with Gasteiger partial charge in [-0.3, -0.25) is 24.1 Å². The van der Waals surface area contributed by atoms with E-state index in [0.717, 1.165) is 25.7 Å². The number of nitrogens with zero attached hydrogens (tertiary/aromatic N) is 1. The van der Waals surface area contributed by atoms with Gasteiger partial charge in [-0.05, 0) is 31.0 Å². The average Bonchev–Trinajstić information content (AvgIpc) is 3.28. The van der Waals surface area contributed by atoms with E-state index in [1.807, 2.05) is 0 Å². The fraction of sp³-hybridized carbons (Fsp3) is 0.500. The van der Waals surface area contributed by atoms with Gasteiger partial charge < -0.3 is 14.2 Å². The number of hydrogen-bond acceptors (Lipinski definition) is 7. The van der Waals surface area contributed by atoms with Gasteiger partial charge in [0.25, 0.3) is 0 Å². The summed E-state index contributed by atoms with van der Waals surface area (Å²) in [5, 5.41) is 0. The summed E-state index contributed by atoms with van der Waals surface area (Å²) in [7, 11) is 0. The second-order valence-corrected chi connectivity index (χ2v) is 7.23. The largest absolute Gasteiger partial charge is 0.457 e. The van der Waals surface area contributed by atoms with Crippen LogP contribution >= 0.6 is 0 Å². The first-order chi connectivity index (χ1) is 13.5. The molecule has 1 aromatic carbocycles. The third kappa shape index (κ3) is 3.46. The van der Waals surface area contributed by atoms with Crippen LogP contribution in [0.3, 0.4) is 0 Å². The summed E-state index contributed by atoms with van der Waals surface area (Å²) >= 11 is 0. The van der Waals surface area contributed by atoms with Crippen molar-refractivity contribution in [3.63, 3.8) is 0 Å². The SMILES string of the molecule is O=C(CCN1C(=O)[C@H]2CCCC[C@@H]2C1=O)OCC(=O)c1ccc2c(c1)OCO2. The molecule has 148 valence electrons. The van der Waals surface area contributed by atoms with Gasteiger partial charge in [-0.1, -0.05) is 12.8 Å². The predicted octanol–water partition coefficient (Wildman–Crippen LogP) is 1.71. The molecule has 1 aromatic rings. The molecule has 28 heavy (non-hydrogen) atoms. The fourth-order valence-corrected chi connectivity index (χ4v) is 4.03. The summed E-state index contributed by atoms with van der Waals surface area (Å²) in [6, 6.07) is 4.75. The van der Waals surface area contributed by atoms with E-state index in [1.54, 1.807) is 18.2 Å². The van der Waals surface area contributed by atoms with E-state index in [2.05, 4.69) is 0 Å². The molecule has 1 aliphatic carbocycles. The van der Waals surface area contributed by atoms with Gasteiger partial charge in [0.05, 0.1) is 18.3 Å². The van der Waals surface area contributed by atoms with E-state index in [-0.39, 0.29) is 49.2 Å². The average molecular weight is 387 g/mol. The Morgan fingerprint density at radius 2 is 1.71 bits per heavy atom. The van der Waals surface area contributed by atoms with Crippen LogP contribution in [0.2, 0.25) is 0 Å². The molecule has 2 atom stereocenters. The summed E-state index contributed by atoms with van der Waals surface area (Å²) in [6.45, 7) is -0.301. The standard InChI is InChI=1S/C20H21NO7/c22-15(12-5-6-16-17(9-12)28-11-27-16)10-26-18(23)7-8-21-19(24)13-3-1-2-4-14(13)20(21)25/h5-6,9,13-14H,1-4,7-8,10-11H2/t13-,14-/m0/s1. The van der Waals surface area contributed by atoms with Gasteiger partial charge in [-0.25, -0.2) is 0 Å². The van der Waals surface area contributed by atoms with E-state index in [1.165, 1.54) is 4.90 Å². The van der Waals surface area contributed by atoms with Crippen LogP contribution in [0, 0.1) is 11.8 Å². The van der Waals surface area contributed by atoms with Crippen molar-refractivity contribution in [2.24, 2.45) is 11.8 Å². The van der Waals surface area contributed by atoms with E-state index in [4.69, 9.17) is 14.2 Å². The lowest BCUT2D eigenvalue weighted by molar-refractivity contribution is -0.145. The minimum absolute atomic E-state index is 0.00170. The molecule has 2 fully saturated rings. The number of ether oxygens (including phenoxy) is 3. The molecule has 8 heteroatoms. The number of Topliss-reactive ketones (excluding diaryl/α,β-unsaturated/α-hetero) is 1. The molecule has 0 bridgehead atoms. The Balaban J connectivity index is 1.26. The number of likely N-dealkylation sites (tertiary alicyclic amines) is 1. The topological polar surface area (TPSA) is 99.2 Å². The quantitative estimate of drug-likeness (QED) is 0.416. The summed E-state index contributed by atoms with van der Waals surface area (Å²) in [6.07, 6.45) is 3.27. The van der Waals surface area contributed by atoms with Gasteiger partial charge >= 0.3 is 5.97 Å². The molecule has 0 spiro atoms. The molecule has 2 heterocycles. The van der Waals surface area contributed by atoms with Crippen molar-refractivity contribution < 1.29 is 33.4 Å². The zero-order chi connectivity index (χ0) is 19.7. The Hall–Kier alpha value is -2.90. The van der Waals surface area contributed by atoms with E-state index in [0.29, 0.717) is 17.1 Å². The lowest BCUT2D eigenvalue weighted by Crippen LogP contribution is -2.33. The molecule has 1 saturated carbocycles. The second kappa shape index (κ2) is 7.61. The third-order valence-corrected chi connectivity index (χ3v) is 5.53. The lowest BCUT2D eigenvalue weighted by Gasteiger charge is -2.19. The number of rotatable bonds is 6. The molecule has 0 aromatic heterocycles. The lowest BCUT2D eigenvalue weighted by atomic mass is 9.81. The number of benzene rings is 1. The molecule has 0 N–H and O–H groups in total. The number of amides is 2. The Bertz CT molecular complexity index is 810. The van der Waals surface area contributed by atoms with Crippen LogP contribution in [0.5, 0.6) is 11.5 Å². The number of carbonyl (C=O) groups excluding carboxylic acids is 4. The number of esters is 1. The number of hydrogen-bond donors (Lipinski definition) is 0. The molecule has 4 rings (SSSR count). The maximum absolute atomic E-state index is 12.4. The summed E-state index contributed by atoms with van der Waals surface area (Å²) in [4.78, 5) is 50.1. The van der Waals surface area contributed by atoms with Crippen LogP contribution in [-0.4, -0.2) is 48.4 Å². The smallest absolute Gasteiger partial charge is 0.308 e. The Kier molecular flexibility index (Phi) is 5.02. The molecule has 0 radical (unpaired) electrons. The van der Waals surface area contributed by atoms with Crippen LogP contribution < -0.4 is 9.47 Å². The highest BCUT2D eigenvalue weighted by Gasteiger charge is 2.47. The van der Waals surface area contributed by atoms with Gasteiger partial charge in [-0.15, -0.1) is 0 Å². The first kappa shape index (κ1) is 18.5. The number of carbonyl (C=O) groups is 4. The maximum atomic E-state index is 12.4. The third-order valence-electron chi connectivity index (χ3n) is 5.53. The highest BCUT2D eigenvalue weighted by Crippen LogP contribution is 2.38. The highest BCUT2D eigenvalue weighted by atomic mass is 16.7. The van der Waals surface area contributed by atoms with E-state index < -0.39 is 12.6 Å². The molecule has 3 aliphatic rings. The zero-order valence-corrected chi connectivity index (χ0v) is 15.3. The van der Waals surface area contributed by atoms with Crippen molar-refractivity contribution in [3.8, 4) is 11.5 Å². The zero-order valence-electron chi connectivity index (χ0n) is 15.3. The number of imide groups is 1. The van der Waals surface area contributed by atoms with Crippen molar-refractivity contribution in [1.29, 1.82) is 0 Å². The Morgan fingerprint density at radius 3 is 2.43 bits per heavy atom. The van der Waals surface area contributed by atoms with E-state index >= 15 is 0 Å². The predicted molar refractivity (Wildman–Crippen MR) is 94.6 cm³/mol. The Labute approximate surface area is 161 Å². The molecule has 2 aliphatic heterocycles. The van der Waals surface area contributed by atoms with Crippen LogP contribution in [0.15, 0.2) is 18.2 Å². The molecular formula is C20H21NO7. The minimum atomic E-state index is -0.621. The highest BCUT2D eigenvalue weighted by molar-refractivity contribution is 6.05. The van der Waals surface area contributed by atoms with Crippen molar-refractivity contribution in [1.82, 2.24) is 4.90 Å². The number of ketones is 1. The van der Waals surface area contributed by atoms with E-state index in [9.17, 15) is 19.2 Å². The summed E-state index contributed by atoms with van der Waals surface area (Å²) < 4.78 is 15.4. The van der Waals surface area contributed by atoms with Gasteiger partial charge in [0.15, 0.2) is 23.9 Å². The van der Waals surface area contributed by atoms with Gasteiger partial charge in [0.2, 0.25) is 18.6 Å². The minimum Gasteiger partial charge on any atom is -0.457 e. The van der Waals surface area contributed by atoms with Crippen molar-refractivity contribution >= 4 is 23.6 Å². The Morgan fingerprint density at radius 1 is 1.04 bits per heavy atom. The summed E-state index contributed by atoms with van der Waals surface area (Å²) in [5.74, 6) is -0.776. The van der Waals surface area contributed by atoms with Crippen LogP contribution in [0.4, 0.5) is 0 Å². The molecule has 8 nitrogen and oxygen atoms in total. The van der Waals surface area contributed by atoms with Gasteiger partial charge in [0.1, 0.15) is 0 Å². The molecule has 2 amide bonds. The van der Waals surface area contributed by atoms with Gasteiger partial charge in [0, 0.05) is 12.1 Å². The fourth-order valence-electron chi connectivity index (χ4n) is 4.03.